The van der Waals surface area contributed by atoms with Gasteiger partial charge in [0.05, 0.1) is 0 Å². The highest BCUT2D eigenvalue weighted by atomic mass is 19.1. The zero-order valence-electron chi connectivity index (χ0n) is 9.94. The van der Waals surface area contributed by atoms with Crippen LogP contribution in [-0.4, -0.2) is 43.2 Å². The molecule has 0 unspecified atom stereocenters. The summed E-state index contributed by atoms with van der Waals surface area (Å²) in [5, 5.41) is 9.47. The van der Waals surface area contributed by atoms with Crippen LogP contribution in [0.3, 0.4) is 0 Å². The molecule has 1 aromatic carbocycles. The van der Waals surface area contributed by atoms with Gasteiger partial charge in [-0.15, -0.1) is 0 Å². The van der Waals surface area contributed by atoms with Crippen LogP contribution in [0.5, 0.6) is 5.75 Å². The van der Waals surface area contributed by atoms with Crippen molar-refractivity contribution in [2.24, 2.45) is 0 Å². The smallest absolute Gasteiger partial charge is 0.260 e. The van der Waals surface area contributed by atoms with Gasteiger partial charge in [0, 0.05) is 27.3 Å². The molecule has 1 aromatic rings. The van der Waals surface area contributed by atoms with Crippen LogP contribution >= 0.6 is 0 Å². The number of carbonyl (C=O) groups is 1. The number of phenols is 1. The Morgan fingerprint density at radius 2 is 2.24 bits per heavy atom. The number of nitrogens with zero attached hydrogens (tertiary/aromatic N) is 1. The van der Waals surface area contributed by atoms with Gasteiger partial charge in [-0.05, 0) is 18.6 Å². The fraction of sp³-hybridized carbons (Fsp3) is 0.417. The maximum Gasteiger partial charge on any atom is 0.260 e. The third-order valence-corrected chi connectivity index (χ3v) is 2.39. The third-order valence-electron chi connectivity index (χ3n) is 2.39. The molecule has 0 aliphatic rings. The van der Waals surface area contributed by atoms with Crippen LogP contribution in [0.1, 0.15) is 16.8 Å². The Morgan fingerprint density at radius 3 is 2.82 bits per heavy atom. The number of amides is 1. The van der Waals surface area contributed by atoms with E-state index in [-0.39, 0.29) is 11.3 Å². The molecule has 0 bridgehead atoms. The first-order chi connectivity index (χ1) is 8.07. The topological polar surface area (TPSA) is 49.8 Å². The third kappa shape index (κ3) is 3.42. The van der Waals surface area contributed by atoms with Crippen LogP contribution in [-0.2, 0) is 4.74 Å². The van der Waals surface area contributed by atoms with E-state index in [0.717, 1.165) is 6.07 Å². The van der Waals surface area contributed by atoms with E-state index in [1.54, 1.807) is 14.2 Å². The summed E-state index contributed by atoms with van der Waals surface area (Å²) < 4.78 is 18.3. The van der Waals surface area contributed by atoms with Crippen molar-refractivity contribution in [1.29, 1.82) is 0 Å². The number of methoxy groups -OCH3 is 1. The van der Waals surface area contributed by atoms with Gasteiger partial charge in [-0.3, -0.25) is 4.79 Å². The van der Waals surface area contributed by atoms with E-state index in [4.69, 9.17) is 4.74 Å². The summed E-state index contributed by atoms with van der Waals surface area (Å²) in [7, 11) is 3.13. The monoisotopic (exact) mass is 241 g/mol. The molecule has 94 valence electrons. The molecule has 0 aromatic heterocycles. The van der Waals surface area contributed by atoms with Crippen LogP contribution in [0.4, 0.5) is 4.39 Å². The maximum atomic E-state index is 13.4. The number of phenolic OH excluding ortho intramolecular Hbond substituents is 1. The van der Waals surface area contributed by atoms with Crippen LogP contribution in [0.25, 0.3) is 0 Å². The van der Waals surface area contributed by atoms with Gasteiger partial charge in [-0.25, -0.2) is 4.39 Å². The molecule has 5 heteroatoms. The van der Waals surface area contributed by atoms with Gasteiger partial charge < -0.3 is 14.7 Å². The van der Waals surface area contributed by atoms with E-state index in [1.807, 2.05) is 0 Å². The number of halogens is 1. The Morgan fingerprint density at radius 1 is 1.53 bits per heavy atom. The molecule has 1 amide bonds. The van der Waals surface area contributed by atoms with E-state index in [1.165, 1.54) is 17.0 Å². The predicted molar refractivity (Wildman–Crippen MR) is 61.5 cm³/mol. The summed E-state index contributed by atoms with van der Waals surface area (Å²) in [6.45, 7) is 0.974. The lowest BCUT2D eigenvalue weighted by atomic mass is 10.1. The summed E-state index contributed by atoms with van der Waals surface area (Å²) in [5.41, 5.74) is -0.285. The Kier molecular flexibility index (Phi) is 4.90. The Bertz CT molecular complexity index is 375. The second-order valence-corrected chi connectivity index (χ2v) is 3.71. The molecule has 0 heterocycles. The predicted octanol–water partition coefficient (Wildman–Crippen LogP) is 1.64. The molecule has 0 aliphatic carbocycles. The fourth-order valence-electron chi connectivity index (χ4n) is 1.46. The molecular formula is C12H16FNO3. The number of aromatic hydroxyl groups is 1. The Labute approximate surface area is 99.6 Å². The molecule has 0 saturated heterocycles. The minimum absolute atomic E-state index is 0.285. The van der Waals surface area contributed by atoms with Crippen molar-refractivity contribution in [2.45, 2.75) is 6.42 Å². The van der Waals surface area contributed by atoms with Gasteiger partial charge in [0.25, 0.3) is 5.91 Å². The standard InChI is InChI=1S/C12H16FNO3/c1-14(7-4-8-17-2)12(16)11-9(13)5-3-6-10(11)15/h3,5-6,15H,4,7-8H2,1-2H3. The number of hydrogen-bond donors (Lipinski definition) is 1. The number of carbonyl (C=O) groups excluding carboxylic acids is 1. The van der Waals surface area contributed by atoms with E-state index in [2.05, 4.69) is 0 Å². The van der Waals surface area contributed by atoms with Gasteiger partial charge in [0.15, 0.2) is 0 Å². The summed E-state index contributed by atoms with van der Waals surface area (Å²) in [5.74, 6) is -1.58. The van der Waals surface area contributed by atoms with Crippen molar-refractivity contribution in [3.8, 4) is 5.75 Å². The highest BCUT2D eigenvalue weighted by molar-refractivity contribution is 5.96. The average Bonchev–Trinajstić information content (AvgIpc) is 2.28. The van der Waals surface area contributed by atoms with Gasteiger partial charge in [0.1, 0.15) is 17.1 Å². The minimum atomic E-state index is -0.714. The lowest BCUT2D eigenvalue weighted by molar-refractivity contribution is 0.0771. The summed E-state index contributed by atoms with van der Waals surface area (Å²) >= 11 is 0. The lowest BCUT2D eigenvalue weighted by Crippen LogP contribution is -2.29. The Hall–Kier alpha value is -1.62. The highest BCUT2D eigenvalue weighted by Crippen LogP contribution is 2.21. The minimum Gasteiger partial charge on any atom is -0.507 e. The summed E-state index contributed by atoms with van der Waals surface area (Å²) in [4.78, 5) is 13.2. The first-order valence-corrected chi connectivity index (χ1v) is 5.29. The summed E-state index contributed by atoms with van der Waals surface area (Å²) in [6.07, 6.45) is 0.661. The van der Waals surface area contributed by atoms with Crippen molar-refractivity contribution in [2.75, 3.05) is 27.3 Å². The zero-order valence-corrected chi connectivity index (χ0v) is 9.94. The summed E-state index contributed by atoms with van der Waals surface area (Å²) in [6, 6.07) is 3.79. The molecule has 0 atom stereocenters. The SMILES string of the molecule is COCCCN(C)C(=O)c1c(O)cccc1F. The van der Waals surface area contributed by atoms with Crippen molar-refractivity contribution in [3.63, 3.8) is 0 Å². The Balaban J connectivity index is 2.75. The molecule has 0 fully saturated rings. The first-order valence-electron chi connectivity index (χ1n) is 5.29. The fourth-order valence-corrected chi connectivity index (χ4v) is 1.46. The zero-order chi connectivity index (χ0) is 12.8. The molecule has 0 aliphatic heterocycles. The van der Waals surface area contributed by atoms with Crippen molar-refractivity contribution in [3.05, 3.63) is 29.6 Å². The molecule has 4 nitrogen and oxygen atoms in total. The molecular weight excluding hydrogens is 225 g/mol. The molecule has 0 saturated carbocycles. The molecule has 0 spiro atoms. The molecule has 17 heavy (non-hydrogen) atoms. The molecule has 0 radical (unpaired) electrons. The van der Waals surface area contributed by atoms with Crippen LogP contribution < -0.4 is 0 Å². The van der Waals surface area contributed by atoms with Crippen LogP contribution in [0.2, 0.25) is 0 Å². The second-order valence-electron chi connectivity index (χ2n) is 3.71. The highest BCUT2D eigenvalue weighted by Gasteiger charge is 2.19. The van der Waals surface area contributed by atoms with Crippen molar-refractivity contribution >= 4 is 5.91 Å². The number of hydrogen-bond acceptors (Lipinski definition) is 3. The van der Waals surface area contributed by atoms with Gasteiger partial charge in [0.2, 0.25) is 0 Å². The number of ether oxygens (including phenoxy) is 1. The second kappa shape index (κ2) is 6.20. The maximum absolute atomic E-state index is 13.4. The lowest BCUT2D eigenvalue weighted by Gasteiger charge is -2.17. The van der Waals surface area contributed by atoms with Gasteiger partial charge in [-0.2, -0.15) is 0 Å². The van der Waals surface area contributed by atoms with Gasteiger partial charge >= 0.3 is 0 Å². The van der Waals surface area contributed by atoms with E-state index in [9.17, 15) is 14.3 Å². The largest absolute Gasteiger partial charge is 0.507 e. The number of benzene rings is 1. The van der Waals surface area contributed by atoms with E-state index in [0.29, 0.717) is 19.6 Å². The van der Waals surface area contributed by atoms with Crippen LogP contribution in [0.15, 0.2) is 18.2 Å². The number of rotatable bonds is 5. The molecule has 1 rings (SSSR count). The van der Waals surface area contributed by atoms with E-state index < -0.39 is 11.7 Å². The normalized spacial score (nSPS) is 10.3. The average molecular weight is 241 g/mol. The van der Waals surface area contributed by atoms with Gasteiger partial charge in [-0.1, -0.05) is 6.07 Å². The van der Waals surface area contributed by atoms with Crippen LogP contribution in [0, 0.1) is 5.82 Å². The van der Waals surface area contributed by atoms with Crippen molar-refractivity contribution < 1.29 is 19.0 Å². The van der Waals surface area contributed by atoms with Crippen molar-refractivity contribution in [1.82, 2.24) is 4.90 Å². The van der Waals surface area contributed by atoms with E-state index >= 15 is 0 Å². The first kappa shape index (κ1) is 13.4. The molecule has 1 N–H and O–H groups in total. The quantitative estimate of drug-likeness (QED) is 0.797.